The van der Waals surface area contributed by atoms with Crippen LogP contribution in [0.3, 0.4) is 0 Å². The molecule has 112 valence electrons. The SMILES string of the molecule is CCCCNC[C@H]1COc2ccc3nc(C)ccc3c2O1. The van der Waals surface area contributed by atoms with Crippen LogP contribution in [0, 0.1) is 6.92 Å². The van der Waals surface area contributed by atoms with Crippen LogP contribution in [0.15, 0.2) is 24.3 Å². The van der Waals surface area contributed by atoms with Crippen LogP contribution in [0.4, 0.5) is 0 Å². The maximum absolute atomic E-state index is 6.14. The molecule has 0 fully saturated rings. The quantitative estimate of drug-likeness (QED) is 0.858. The minimum Gasteiger partial charge on any atom is -0.486 e. The number of hydrogen-bond acceptors (Lipinski definition) is 4. The lowest BCUT2D eigenvalue weighted by Crippen LogP contribution is -2.38. The number of hydrogen-bond donors (Lipinski definition) is 1. The Hall–Kier alpha value is -1.81. The van der Waals surface area contributed by atoms with Crippen molar-refractivity contribution in [1.82, 2.24) is 10.3 Å². The average molecular weight is 286 g/mol. The van der Waals surface area contributed by atoms with Crippen molar-refractivity contribution in [2.24, 2.45) is 0 Å². The van der Waals surface area contributed by atoms with Gasteiger partial charge in [-0.2, -0.15) is 0 Å². The van der Waals surface area contributed by atoms with Gasteiger partial charge in [-0.1, -0.05) is 13.3 Å². The molecule has 2 heterocycles. The fourth-order valence-corrected chi connectivity index (χ4v) is 2.54. The highest BCUT2D eigenvalue weighted by molar-refractivity contribution is 5.88. The number of unbranched alkanes of at least 4 members (excludes halogenated alkanes) is 1. The molecule has 3 rings (SSSR count). The fourth-order valence-electron chi connectivity index (χ4n) is 2.54. The largest absolute Gasteiger partial charge is 0.486 e. The average Bonchev–Trinajstić information content (AvgIpc) is 2.51. The predicted molar refractivity (Wildman–Crippen MR) is 84.2 cm³/mol. The van der Waals surface area contributed by atoms with E-state index in [0.29, 0.717) is 6.61 Å². The van der Waals surface area contributed by atoms with Crippen molar-refractivity contribution in [2.75, 3.05) is 19.7 Å². The van der Waals surface area contributed by atoms with Gasteiger partial charge in [0.25, 0.3) is 0 Å². The van der Waals surface area contributed by atoms with E-state index in [4.69, 9.17) is 9.47 Å². The fraction of sp³-hybridized carbons (Fsp3) is 0.471. The number of benzene rings is 1. The van der Waals surface area contributed by atoms with Gasteiger partial charge in [0.1, 0.15) is 12.7 Å². The molecule has 4 heteroatoms. The zero-order valence-electron chi connectivity index (χ0n) is 12.7. The molecule has 0 aliphatic carbocycles. The molecule has 1 N–H and O–H groups in total. The van der Waals surface area contributed by atoms with Crippen LogP contribution < -0.4 is 14.8 Å². The van der Waals surface area contributed by atoms with Crippen LogP contribution >= 0.6 is 0 Å². The summed E-state index contributed by atoms with van der Waals surface area (Å²) in [5, 5.41) is 4.45. The molecule has 0 unspecified atom stereocenters. The Bertz CT molecular complexity index is 627. The first-order valence-corrected chi connectivity index (χ1v) is 7.68. The van der Waals surface area contributed by atoms with E-state index in [1.54, 1.807) is 0 Å². The number of aromatic nitrogens is 1. The van der Waals surface area contributed by atoms with Gasteiger partial charge in [0.05, 0.1) is 5.52 Å². The summed E-state index contributed by atoms with van der Waals surface area (Å²) < 4.78 is 12.0. The van der Waals surface area contributed by atoms with Crippen LogP contribution in [-0.4, -0.2) is 30.8 Å². The summed E-state index contributed by atoms with van der Waals surface area (Å²) in [5.74, 6) is 1.64. The number of pyridine rings is 1. The van der Waals surface area contributed by atoms with Gasteiger partial charge >= 0.3 is 0 Å². The van der Waals surface area contributed by atoms with Crippen LogP contribution in [0.25, 0.3) is 10.9 Å². The van der Waals surface area contributed by atoms with Gasteiger partial charge in [-0.05, 0) is 44.2 Å². The molecule has 1 aliphatic rings. The van der Waals surface area contributed by atoms with Gasteiger partial charge in [0.15, 0.2) is 11.5 Å². The zero-order chi connectivity index (χ0) is 14.7. The van der Waals surface area contributed by atoms with E-state index in [0.717, 1.165) is 41.2 Å². The Kier molecular flexibility index (Phi) is 4.25. The molecule has 0 saturated carbocycles. The summed E-state index contributed by atoms with van der Waals surface area (Å²) >= 11 is 0. The third-order valence-corrected chi connectivity index (χ3v) is 3.71. The minimum absolute atomic E-state index is 0.0567. The van der Waals surface area contributed by atoms with Gasteiger partial charge in [-0.15, -0.1) is 0 Å². The molecule has 0 amide bonds. The van der Waals surface area contributed by atoms with Crippen molar-refractivity contribution in [3.63, 3.8) is 0 Å². The smallest absolute Gasteiger partial charge is 0.171 e. The second-order valence-corrected chi connectivity index (χ2v) is 5.52. The summed E-state index contributed by atoms with van der Waals surface area (Å²) in [6.07, 6.45) is 2.45. The van der Waals surface area contributed by atoms with E-state index in [9.17, 15) is 0 Å². The molecule has 0 spiro atoms. The van der Waals surface area contributed by atoms with E-state index in [-0.39, 0.29) is 6.10 Å². The minimum atomic E-state index is 0.0567. The van der Waals surface area contributed by atoms with Gasteiger partial charge < -0.3 is 14.8 Å². The first kappa shape index (κ1) is 14.1. The summed E-state index contributed by atoms with van der Waals surface area (Å²) in [4.78, 5) is 4.54. The van der Waals surface area contributed by atoms with Gasteiger partial charge in [0, 0.05) is 17.6 Å². The van der Waals surface area contributed by atoms with Crippen LogP contribution in [0.1, 0.15) is 25.5 Å². The zero-order valence-corrected chi connectivity index (χ0v) is 12.7. The number of rotatable bonds is 5. The van der Waals surface area contributed by atoms with E-state index in [2.05, 4.69) is 23.3 Å². The third kappa shape index (κ3) is 3.10. The lowest BCUT2D eigenvalue weighted by atomic mass is 10.1. The van der Waals surface area contributed by atoms with Gasteiger partial charge in [-0.3, -0.25) is 4.98 Å². The third-order valence-electron chi connectivity index (χ3n) is 3.71. The highest BCUT2D eigenvalue weighted by atomic mass is 16.6. The van der Waals surface area contributed by atoms with E-state index >= 15 is 0 Å². The molecular weight excluding hydrogens is 264 g/mol. The number of nitrogens with zero attached hydrogens (tertiary/aromatic N) is 1. The summed E-state index contributed by atoms with van der Waals surface area (Å²) in [5.41, 5.74) is 1.97. The monoisotopic (exact) mass is 286 g/mol. The van der Waals surface area contributed by atoms with Crippen molar-refractivity contribution in [3.8, 4) is 11.5 Å². The van der Waals surface area contributed by atoms with Crippen LogP contribution in [0.5, 0.6) is 11.5 Å². The maximum atomic E-state index is 6.14. The molecule has 0 saturated heterocycles. The molecule has 1 aliphatic heterocycles. The van der Waals surface area contributed by atoms with Crippen LogP contribution in [0.2, 0.25) is 0 Å². The number of nitrogens with one attached hydrogen (secondary N) is 1. The lowest BCUT2D eigenvalue weighted by Gasteiger charge is -2.27. The number of ether oxygens (including phenoxy) is 2. The second-order valence-electron chi connectivity index (χ2n) is 5.52. The number of fused-ring (bicyclic) bond motifs is 3. The first-order valence-electron chi connectivity index (χ1n) is 7.68. The molecule has 1 aromatic carbocycles. The van der Waals surface area contributed by atoms with Crippen molar-refractivity contribution in [1.29, 1.82) is 0 Å². The topological polar surface area (TPSA) is 43.4 Å². The summed E-state index contributed by atoms with van der Waals surface area (Å²) in [6, 6.07) is 8.01. The highest BCUT2D eigenvalue weighted by Gasteiger charge is 2.22. The first-order chi connectivity index (χ1) is 10.3. The maximum Gasteiger partial charge on any atom is 0.171 e. The lowest BCUT2D eigenvalue weighted by molar-refractivity contribution is 0.0925. The molecule has 21 heavy (non-hydrogen) atoms. The summed E-state index contributed by atoms with van der Waals surface area (Å²) in [6.45, 7) is 6.63. The molecular formula is C17H22N2O2. The Morgan fingerprint density at radius 2 is 2.19 bits per heavy atom. The van der Waals surface area contributed by atoms with E-state index < -0.39 is 0 Å². The second kappa shape index (κ2) is 6.31. The van der Waals surface area contributed by atoms with Gasteiger partial charge in [-0.25, -0.2) is 0 Å². The molecule has 1 aromatic heterocycles. The molecule has 0 bridgehead atoms. The standard InChI is InChI=1S/C17H22N2O2/c1-3-4-9-18-10-13-11-20-16-8-7-15-14(17(16)21-13)6-5-12(2)19-15/h5-8,13,18H,3-4,9-11H2,1-2H3/t13-/m0/s1. The molecule has 2 aromatic rings. The van der Waals surface area contributed by atoms with Crippen molar-refractivity contribution in [3.05, 3.63) is 30.0 Å². The summed E-state index contributed by atoms with van der Waals surface area (Å²) in [7, 11) is 0. The molecule has 4 nitrogen and oxygen atoms in total. The van der Waals surface area contributed by atoms with E-state index in [1.807, 2.05) is 25.1 Å². The Morgan fingerprint density at radius 3 is 3.05 bits per heavy atom. The Morgan fingerprint density at radius 1 is 1.29 bits per heavy atom. The highest BCUT2D eigenvalue weighted by Crippen LogP contribution is 2.38. The van der Waals surface area contributed by atoms with E-state index in [1.165, 1.54) is 12.8 Å². The van der Waals surface area contributed by atoms with Crippen molar-refractivity contribution in [2.45, 2.75) is 32.8 Å². The number of aryl methyl sites for hydroxylation is 1. The Labute approximate surface area is 125 Å². The Balaban J connectivity index is 1.77. The van der Waals surface area contributed by atoms with Crippen molar-refractivity contribution < 1.29 is 9.47 Å². The predicted octanol–water partition coefficient (Wildman–Crippen LogP) is 3.07. The van der Waals surface area contributed by atoms with Crippen LogP contribution in [-0.2, 0) is 0 Å². The normalized spacial score (nSPS) is 17.1. The molecule has 1 atom stereocenters. The van der Waals surface area contributed by atoms with Crippen molar-refractivity contribution >= 4 is 10.9 Å². The van der Waals surface area contributed by atoms with Gasteiger partial charge in [0.2, 0.25) is 0 Å². The molecule has 0 radical (unpaired) electrons.